The maximum atomic E-state index is 12.5. The fourth-order valence-electron chi connectivity index (χ4n) is 3.16. The largest absolute Gasteiger partial charge is 0.503 e. The highest BCUT2D eigenvalue weighted by Crippen LogP contribution is 2.27. The molecule has 0 radical (unpaired) electrons. The van der Waals surface area contributed by atoms with Gasteiger partial charge in [0.25, 0.3) is 0 Å². The standard InChI is InChI=1S/C19H22N2O4S.C8H9FO/c1-12-4-6-14(7-5-12)10-13(2)25-16(22)11-21-19(26)17-18(23)15(24-3)8-9-20-17;1-6-3-4-7(9)5-8(6)10-2/h4-9,13,23H,10-11H2,1-3H3,(H,21,26);3-5H,1-2H3. The van der Waals surface area contributed by atoms with Crippen LogP contribution in [0.5, 0.6) is 17.2 Å². The number of hydrogen-bond acceptors (Lipinski definition) is 7. The van der Waals surface area contributed by atoms with Gasteiger partial charge in [-0.15, -0.1) is 0 Å². The zero-order valence-corrected chi connectivity index (χ0v) is 21.8. The van der Waals surface area contributed by atoms with E-state index in [2.05, 4.69) is 10.3 Å². The Bertz CT molecular complexity index is 1170. The van der Waals surface area contributed by atoms with Crippen molar-refractivity contribution < 1.29 is 28.5 Å². The molecule has 0 aliphatic heterocycles. The van der Waals surface area contributed by atoms with E-state index in [4.69, 9.17) is 26.4 Å². The third-order valence-corrected chi connectivity index (χ3v) is 5.40. The van der Waals surface area contributed by atoms with Crippen LogP contribution in [0.15, 0.2) is 54.7 Å². The van der Waals surface area contributed by atoms with E-state index in [1.807, 2.05) is 45.0 Å². The summed E-state index contributed by atoms with van der Waals surface area (Å²) in [7, 11) is 2.96. The molecule has 7 nitrogen and oxygen atoms in total. The number of hydrogen-bond donors (Lipinski definition) is 2. The molecule has 1 aromatic heterocycles. The SMILES string of the molecule is COc1cc(F)ccc1C.COc1ccnc(C(=S)NCC(=O)OC(C)Cc2ccc(C)cc2)c1O. The average molecular weight is 515 g/mol. The first-order chi connectivity index (χ1) is 17.1. The zero-order chi connectivity index (χ0) is 26.7. The fourth-order valence-corrected chi connectivity index (χ4v) is 3.38. The Balaban J connectivity index is 0.000000380. The Morgan fingerprint density at radius 3 is 2.36 bits per heavy atom. The van der Waals surface area contributed by atoms with Crippen LogP contribution in [0, 0.1) is 19.7 Å². The van der Waals surface area contributed by atoms with Crippen molar-refractivity contribution in [2.45, 2.75) is 33.3 Å². The first-order valence-electron chi connectivity index (χ1n) is 11.2. The molecular weight excluding hydrogens is 483 g/mol. The molecule has 3 rings (SSSR count). The maximum Gasteiger partial charge on any atom is 0.325 e. The average Bonchev–Trinajstić information content (AvgIpc) is 2.86. The number of benzene rings is 2. The third-order valence-electron chi connectivity index (χ3n) is 5.06. The molecule has 2 N–H and O–H groups in total. The van der Waals surface area contributed by atoms with Gasteiger partial charge in [-0.2, -0.15) is 0 Å². The van der Waals surface area contributed by atoms with E-state index in [-0.39, 0.29) is 40.6 Å². The van der Waals surface area contributed by atoms with Crippen molar-refractivity contribution in [3.05, 3.63) is 82.9 Å². The van der Waals surface area contributed by atoms with Gasteiger partial charge in [0, 0.05) is 24.8 Å². The molecule has 2 aromatic carbocycles. The Morgan fingerprint density at radius 2 is 1.75 bits per heavy atom. The number of carbonyl (C=O) groups is 1. The molecule has 0 aliphatic carbocycles. The van der Waals surface area contributed by atoms with Gasteiger partial charge in [-0.05, 0) is 38.0 Å². The van der Waals surface area contributed by atoms with Crippen LogP contribution in [0.25, 0.3) is 0 Å². The van der Waals surface area contributed by atoms with Crippen molar-refractivity contribution in [1.29, 1.82) is 0 Å². The number of ether oxygens (including phenoxy) is 3. The van der Waals surface area contributed by atoms with Crippen LogP contribution in [0.1, 0.15) is 29.3 Å². The lowest BCUT2D eigenvalue weighted by Crippen LogP contribution is -2.32. The maximum absolute atomic E-state index is 12.5. The number of halogens is 1. The topological polar surface area (TPSA) is 89.9 Å². The number of nitrogens with zero attached hydrogens (tertiary/aromatic N) is 1. The van der Waals surface area contributed by atoms with Gasteiger partial charge >= 0.3 is 5.97 Å². The van der Waals surface area contributed by atoms with E-state index < -0.39 is 5.97 Å². The fraction of sp³-hybridized carbons (Fsp3) is 0.296. The van der Waals surface area contributed by atoms with Gasteiger partial charge in [-0.25, -0.2) is 9.37 Å². The van der Waals surface area contributed by atoms with E-state index in [1.54, 1.807) is 6.07 Å². The molecule has 1 atom stereocenters. The highest BCUT2D eigenvalue weighted by molar-refractivity contribution is 7.80. The molecule has 0 fully saturated rings. The smallest absolute Gasteiger partial charge is 0.325 e. The molecule has 0 saturated carbocycles. The van der Waals surface area contributed by atoms with E-state index in [0.29, 0.717) is 12.2 Å². The summed E-state index contributed by atoms with van der Waals surface area (Å²) in [5.74, 6) is -0.0150. The highest BCUT2D eigenvalue weighted by atomic mass is 32.1. The van der Waals surface area contributed by atoms with E-state index in [1.165, 1.54) is 44.2 Å². The van der Waals surface area contributed by atoms with Crippen LogP contribution in [0.3, 0.4) is 0 Å². The summed E-state index contributed by atoms with van der Waals surface area (Å²) in [5, 5.41) is 12.8. The lowest BCUT2D eigenvalue weighted by Gasteiger charge is -2.15. The van der Waals surface area contributed by atoms with Gasteiger partial charge in [0.2, 0.25) is 0 Å². The van der Waals surface area contributed by atoms with Crippen molar-refractivity contribution in [3.63, 3.8) is 0 Å². The van der Waals surface area contributed by atoms with E-state index in [9.17, 15) is 14.3 Å². The number of aryl methyl sites for hydroxylation is 2. The molecule has 0 bridgehead atoms. The number of methoxy groups -OCH3 is 2. The third kappa shape index (κ3) is 8.81. The minimum absolute atomic E-state index is 0.116. The molecule has 1 unspecified atom stereocenters. The molecule has 0 saturated heterocycles. The van der Waals surface area contributed by atoms with Crippen molar-refractivity contribution in [2.75, 3.05) is 20.8 Å². The van der Waals surface area contributed by atoms with Crippen molar-refractivity contribution >= 4 is 23.2 Å². The summed E-state index contributed by atoms with van der Waals surface area (Å²) in [6, 6.07) is 14.1. The molecule has 0 spiro atoms. The van der Waals surface area contributed by atoms with Gasteiger partial charge in [0.15, 0.2) is 11.5 Å². The predicted octanol–water partition coefficient (Wildman–Crippen LogP) is 4.69. The van der Waals surface area contributed by atoms with Gasteiger partial charge in [-0.3, -0.25) is 4.79 Å². The van der Waals surface area contributed by atoms with Gasteiger partial charge in [0.05, 0.1) is 14.2 Å². The lowest BCUT2D eigenvalue weighted by molar-refractivity contribution is -0.146. The van der Waals surface area contributed by atoms with E-state index in [0.717, 1.165) is 11.1 Å². The van der Waals surface area contributed by atoms with Crippen molar-refractivity contribution in [3.8, 4) is 17.2 Å². The second kappa shape index (κ2) is 14.0. The molecule has 0 amide bonds. The quantitative estimate of drug-likeness (QED) is 0.331. The second-order valence-corrected chi connectivity index (χ2v) is 8.41. The molecule has 0 aliphatic rings. The minimum Gasteiger partial charge on any atom is -0.503 e. The van der Waals surface area contributed by atoms with Crippen LogP contribution < -0.4 is 14.8 Å². The molecule has 192 valence electrons. The lowest BCUT2D eigenvalue weighted by atomic mass is 10.1. The van der Waals surface area contributed by atoms with Gasteiger partial charge in [0.1, 0.15) is 34.9 Å². The Morgan fingerprint density at radius 1 is 1.08 bits per heavy atom. The van der Waals surface area contributed by atoms with E-state index >= 15 is 0 Å². The number of rotatable bonds is 8. The van der Waals surface area contributed by atoms with Crippen LogP contribution in [0.4, 0.5) is 4.39 Å². The first kappa shape index (κ1) is 28.5. The number of thiocarbonyl (C=S) groups is 1. The zero-order valence-electron chi connectivity index (χ0n) is 21.0. The minimum atomic E-state index is -0.436. The highest BCUT2D eigenvalue weighted by Gasteiger charge is 2.16. The summed E-state index contributed by atoms with van der Waals surface area (Å²) in [5.41, 5.74) is 3.39. The molecular formula is C27H31FN2O5S. The predicted molar refractivity (Wildman–Crippen MR) is 140 cm³/mol. The van der Waals surface area contributed by atoms with Crippen LogP contribution in [-0.2, 0) is 16.0 Å². The second-order valence-electron chi connectivity index (χ2n) is 8.00. The summed E-state index contributed by atoms with van der Waals surface area (Å²) in [6.45, 7) is 5.62. The number of aromatic hydroxyl groups is 1. The van der Waals surface area contributed by atoms with Crippen LogP contribution in [0.2, 0.25) is 0 Å². The number of esters is 1. The monoisotopic (exact) mass is 514 g/mol. The summed E-state index contributed by atoms with van der Waals surface area (Å²) >= 11 is 5.17. The first-order valence-corrected chi connectivity index (χ1v) is 11.6. The molecule has 1 heterocycles. The summed E-state index contributed by atoms with van der Waals surface area (Å²) in [6.07, 6.45) is 1.84. The van der Waals surface area contributed by atoms with Gasteiger partial charge in [-0.1, -0.05) is 48.1 Å². The van der Waals surface area contributed by atoms with Crippen LogP contribution in [-0.4, -0.2) is 47.9 Å². The summed E-state index contributed by atoms with van der Waals surface area (Å²) < 4.78 is 27.7. The van der Waals surface area contributed by atoms with Crippen molar-refractivity contribution in [2.24, 2.45) is 0 Å². The number of pyridine rings is 1. The molecule has 36 heavy (non-hydrogen) atoms. The van der Waals surface area contributed by atoms with Gasteiger partial charge < -0.3 is 24.6 Å². The van der Waals surface area contributed by atoms with Crippen molar-refractivity contribution in [1.82, 2.24) is 10.3 Å². The Hall–Kier alpha value is -3.72. The molecule has 9 heteroatoms. The Labute approximate surface area is 216 Å². The normalized spacial score (nSPS) is 10.9. The number of aromatic nitrogens is 1. The molecule has 3 aromatic rings. The van der Waals surface area contributed by atoms with Crippen LogP contribution >= 0.6 is 12.2 Å². The number of nitrogens with one attached hydrogen (secondary N) is 1. The number of carbonyl (C=O) groups excluding carboxylic acids is 1. The Kier molecular flexibility index (Phi) is 11.1. The summed E-state index contributed by atoms with van der Waals surface area (Å²) in [4.78, 5) is 16.1.